The van der Waals surface area contributed by atoms with E-state index in [1.807, 2.05) is 20.8 Å². The largest absolute Gasteiger partial charge is 0.350 e. The van der Waals surface area contributed by atoms with Crippen LogP contribution in [0.25, 0.3) is 0 Å². The fraction of sp³-hybridized carbons (Fsp3) is 0.579. The molecule has 1 aromatic carbocycles. The van der Waals surface area contributed by atoms with Crippen molar-refractivity contribution in [1.82, 2.24) is 15.1 Å². The molecule has 0 bridgehead atoms. The summed E-state index contributed by atoms with van der Waals surface area (Å²) in [5.41, 5.74) is 0.130. The molecule has 2 rings (SSSR count). The van der Waals surface area contributed by atoms with Crippen LogP contribution in [0.15, 0.2) is 12.1 Å². The summed E-state index contributed by atoms with van der Waals surface area (Å²) in [6, 6.07) is 3.08. The third-order valence-electron chi connectivity index (χ3n) is 4.20. The van der Waals surface area contributed by atoms with E-state index in [0.717, 1.165) is 26.1 Å². The maximum atomic E-state index is 12.4. The molecule has 1 aromatic rings. The van der Waals surface area contributed by atoms with Gasteiger partial charge in [0.05, 0.1) is 28.8 Å². The molecule has 1 heterocycles. The zero-order valence-corrected chi connectivity index (χ0v) is 18.7. The lowest BCUT2D eigenvalue weighted by Gasteiger charge is -2.25. The molecule has 1 saturated heterocycles. The van der Waals surface area contributed by atoms with E-state index < -0.39 is 0 Å². The fourth-order valence-electron chi connectivity index (χ4n) is 3.05. The van der Waals surface area contributed by atoms with Crippen LogP contribution >= 0.6 is 34.8 Å². The molecule has 1 fully saturated rings. The van der Waals surface area contributed by atoms with Crippen LogP contribution in [-0.4, -0.2) is 66.4 Å². The quantitative estimate of drug-likeness (QED) is 0.722. The van der Waals surface area contributed by atoms with Gasteiger partial charge in [-0.25, -0.2) is 0 Å². The number of carbonyl (C=O) groups excluding carboxylic acids is 2. The lowest BCUT2D eigenvalue weighted by molar-refractivity contribution is -0.123. The number of halogens is 3. The number of amides is 2. The van der Waals surface area contributed by atoms with E-state index >= 15 is 0 Å². The van der Waals surface area contributed by atoms with Gasteiger partial charge in [-0.3, -0.25) is 19.4 Å². The SMILES string of the molecule is CC(C)(C)NC(=O)CN1CCCN(CC(=O)Nc2c(Cl)cc(Cl)cc2Cl)CC1. The van der Waals surface area contributed by atoms with E-state index in [0.29, 0.717) is 33.8 Å². The summed E-state index contributed by atoms with van der Waals surface area (Å²) in [6.45, 7) is 9.54. The van der Waals surface area contributed by atoms with Crippen LogP contribution in [0.2, 0.25) is 15.1 Å². The number of hydrogen-bond donors (Lipinski definition) is 2. The van der Waals surface area contributed by atoms with Gasteiger partial charge in [-0.2, -0.15) is 0 Å². The zero-order valence-electron chi connectivity index (χ0n) is 16.4. The predicted octanol–water partition coefficient (Wildman–Crippen LogP) is 3.51. The smallest absolute Gasteiger partial charge is 0.238 e. The molecule has 28 heavy (non-hydrogen) atoms. The average Bonchev–Trinajstić information content (AvgIpc) is 2.74. The Labute approximate surface area is 181 Å². The highest BCUT2D eigenvalue weighted by molar-refractivity contribution is 6.42. The second-order valence-corrected chi connectivity index (χ2v) is 9.25. The number of rotatable bonds is 5. The van der Waals surface area contributed by atoms with E-state index in [4.69, 9.17) is 34.8 Å². The number of anilines is 1. The molecule has 1 aliphatic heterocycles. The topological polar surface area (TPSA) is 64.7 Å². The van der Waals surface area contributed by atoms with Crippen LogP contribution in [0.3, 0.4) is 0 Å². The van der Waals surface area contributed by atoms with Crippen LogP contribution in [0.5, 0.6) is 0 Å². The normalized spacial score (nSPS) is 16.5. The molecule has 0 spiro atoms. The van der Waals surface area contributed by atoms with Gasteiger partial charge < -0.3 is 10.6 Å². The third kappa shape index (κ3) is 7.76. The van der Waals surface area contributed by atoms with Gasteiger partial charge in [0.25, 0.3) is 0 Å². The van der Waals surface area contributed by atoms with Crippen molar-refractivity contribution in [3.05, 3.63) is 27.2 Å². The standard InChI is InChI=1S/C19H27Cl3N4O2/c1-19(2,3)24-17(28)12-26-6-4-5-25(7-8-26)11-16(27)23-18-14(21)9-13(20)10-15(18)22/h9-10H,4-8,11-12H2,1-3H3,(H,23,27)(H,24,28). The van der Waals surface area contributed by atoms with Crippen molar-refractivity contribution in [2.75, 3.05) is 44.6 Å². The molecular formula is C19H27Cl3N4O2. The summed E-state index contributed by atoms with van der Waals surface area (Å²) >= 11 is 18.1. The van der Waals surface area contributed by atoms with Crippen LogP contribution in [0, 0.1) is 0 Å². The lowest BCUT2D eigenvalue weighted by atomic mass is 10.1. The molecule has 9 heteroatoms. The lowest BCUT2D eigenvalue weighted by Crippen LogP contribution is -2.46. The van der Waals surface area contributed by atoms with Gasteiger partial charge in [0.15, 0.2) is 0 Å². The van der Waals surface area contributed by atoms with Crippen molar-refractivity contribution >= 4 is 52.3 Å². The number of benzene rings is 1. The minimum Gasteiger partial charge on any atom is -0.350 e. The summed E-state index contributed by atoms with van der Waals surface area (Å²) in [7, 11) is 0. The summed E-state index contributed by atoms with van der Waals surface area (Å²) in [5.74, 6) is -0.171. The molecule has 0 saturated carbocycles. The Bertz CT molecular complexity index is 699. The summed E-state index contributed by atoms with van der Waals surface area (Å²) in [6.07, 6.45) is 0.887. The second kappa shape index (κ2) is 10.1. The van der Waals surface area contributed by atoms with Crippen molar-refractivity contribution in [3.63, 3.8) is 0 Å². The molecule has 0 atom stereocenters. The van der Waals surface area contributed by atoms with Gasteiger partial charge >= 0.3 is 0 Å². The molecular weight excluding hydrogens is 423 g/mol. The van der Waals surface area contributed by atoms with Crippen LogP contribution < -0.4 is 10.6 Å². The minimum absolute atomic E-state index is 0.0192. The Morgan fingerprint density at radius 1 is 0.929 bits per heavy atom. The maximum absolute atomic E-state index is 12.4. The van der Waals surface area contributed by atoms with Crippen LogP contribution in [0.1, 0.15) is 27.2 Å². The van der Waals surface area contributed by atoms with E-state index in [1.165, 1.54) is 12.1 Å². The van der Waals surface area contributed by atoms with Crippen molar-refractivity contribution < 1.29 is 9.59 Å². The Morgan fingerprint density at radius 2 is 1.43 bits per heavy atom. The molecule has 156 valence electrons. The van der Waals surface area contributed by atoms with E-state index in [9.17, 15) is 9.59 Å². The van der Waals surface area contributed by atoms with Gasteiger partial charge in [0.1, 0.15) is 0 Å². The minimum atomic E-state index is -0.239. The van der Waals surface area contributed by atoms with E-state index in [1.54, 1.807) is 0 Å². The fourth-order valence-corrected chi connectivity index (χ4v) is 3.96. The Morgan fingerprint density at radius 3 is 1.93 bits per heavy atom. The Kier molecular flexibility index (Phi) is 8.40. The molecule has 1 aliphatic rings. The van der Waals surface area contributed by atoms with Gasteiger partial charge in [0, 0.05) is 23.7 Å². The van der Waals surface area contributed by atoms with Crippen molar-refractivity contribution in [3.8, 4) is 0 Å². The van der Waals surface area contributed by atoms with Crippen molar-refractivity contribution in [2.45, 2.75) is 32.7 Å². The zero-order chi connectivity index (χ0) is 20.9. The van der Waals surface area contributed by atoms with Crippen molar-refractivity contribution in [2.24, 2.45) is 0 Å². The molecule has 2 N–H and O–H groups in total. The first-order valence-corrected chi connectivity index (χ1v) is 10.4. The molecule has 2 amide bonds. The van der Waals surface area contributed by atoms with Gasteiger partial charge in [-0.05, 0) is 52.4 Å². The highest BCUT2D eigenvalue weighted by atomic mass is 35.5. The average molecular weight is 450 g/mol. The van der Waals surface area contributed by atoms with Gasteiger partial charge in [-0.15, -0.1) is 0 Å². The number of hydrogen-bond acceptors (Lipinski definition) is 4. The molecule has 6 nitrogen and oxygen atoms in total. The predicted molar refractivity (Wildman–Crippen MR) is 115 cm³/mol. The second-order valence-electron chi connectivity index (χ2n) is 8.00. The monoisotopic (exact) mass is 448 g/mol. The Balaban J connectivity index is 1.84. The molecule has 0 aliphatic carbocycles. The third-order valence-corrected chi connectivity index (χ3v) is 5.02. The first-order chi connectivity index (χ1) is 13.0. The summed E-state index contributed by atoms with van der Waals surface area (Å²) in [5, 5.41) is 6.76. The first kappa shape index (κ1) is 23.2. The van der Waals surface area contributed by atoms with Gasteiger partial charge in [0.2, 0.25) is 11.8 Å². The highest BCUT2D eigenvalue weighted by Crippen LogP contribution is 2.33. The van der Waals surface area contributed by atoms with E-state index in [-0.39, 0.29) is 23.9 Å². The maximum Gasteiger partial charge on any atom is 0.238 e. The molecule has 0 unspecified atom stereocenters. The van der Waals surface area contributed by atoms with Crippen LogP contribution in [0.4, 0.5) is 5.69 Å². The van der Waals surface area contributed by atoms with Gasteiger partial charge in [-0.1, -0.05) is 34.8 Å². The highest BCUT2D eigenvalue weighted by Gasteiger charge is 2.21. The van der Waals surface area contributed by atoms with Crippen molar-refractivity contribution in [1.29, 1.82) is 0 Å². The summed E-state index contributed by atoms with van der Waals surface area (Å²) in [4.78, 5) is 28.7. The van der Waals surface area contributed by atoms with E-state index in [2.05, 4.69) is 20.4 Å². The number of nitrogens with one attached hydrogen (secondary N) is 2. The van der Waals surface area contributed by atoms with Crippen LogP contribution in [-0.2, 0) is 9.59 Å². The Hall–Kier alpha value is -1.05. The number of nitrogens with zero attached hydrogens (tertiary/aromatic N) is 2. The molecule has 0 aromatic heterocycles. The molecule has 0 radical (unpaired) electrons. The summed E-state index contributed by atoms with van der Waals surface area (Å²) < 4.78 is 0. The first-order valence-electron chi connectivity index (χ1n) is 9.23. The number of carbonyl (C=O) groups is 2.